The molecule has 0 unspecified atom stereocenters. The van der Waals surface area contributed by atoms with Crippen molar-refractivity contribution in [2.75, 3.05) is 6.61 Å². The number of carboxylic acid groups (broad SMARTS) is 1. The van der Waals surface area contributed by atoms with Crippen LogP contribution >= 0.6 is 0 Å². The maximum absolute atomic E-state index is 12.4. The number of carbonyl (C=O) groups excluding carboxylic acids is 2. The molecule has 4 aliphatic carbocycles. The normalized spacial score (nSPS) is 39.5. The van der Waals surface area contributed by atoms with Crippen LogP contribution in [0.15, 0.2) is 23.8 Å². The fraction of sp³-hybridized carbons (Fsp3) is 0.682. The summed E-state index contributed by atoms with van der Waals surface area (Å²) in [6.07, 6.45) is 11.2. The van der Waals surface area contributed by atoms with Crippen LogP contribution < -0.4 is 0 Å². The minimum atomic E-state index is -0.745. The van der Waals surface area contributed by atoms with Crippen molar-refractivity contribution in [2.45, 2.75) is 58.8 Å². The molecule has 0 aromatic rings. The molecular formula is C22H30O5. The number of ketones is 2. The molecule has 0 aromatic heterocycles. The molecular weight excluding hydrogens is 344 g/mol. The van der Waals surface area contributed by atoms with Gasteiger partial charge in [-0.1, -0.05) is 25.5 Å². The Kier molecular flexibility index (Phi) is 5.44. The summed E-state index contributed by atoms with van der Waals surface area (Å²) in [5, 5.41) is 17.9. The third-order valence-corrected chi connectivity index (χ3v) is 7.58. The average molecular weight is 374 g/mol. The molecule has 0 aliphatic heterocycles. The number of Topliss-reactive ketones (excluding diaryl/α,β-unsaturated/α-hetero) is 1. The SMILES string of the molecule is CCC(=O)O.C[C@]12CC[C@H]3[C@@H](CCC4=CC(=O)C=C[C@@]43CO)[C@@H]1CCC2=O. The smallest absolute Gasteiger partial charge is 0.303 e. The van der Waals surface area contributed by atoms with Gasteiger partial charge >= 0.3 is 5.97 Å². The number of aliphatic carboxylic acids is 1. The first-order chi connectivity index (χ1) is 12.8. The van der Waals surface area contributed by atoms with Crippen LogP contribution in [-0.2, 0) is 14.4 Å². The minimum Gasteiger partial charge on any atom is -0.481 e. The summed E-state index contributed by atoms with van der Waals surface area (Å²) in [4.78, 5) is 33.5. The zero-order chi connectivity index (χ0) is 19.8. The molecule has 4 aliphatic rings. The molecule has 0 heterocycles. The van der Waals surface area contributed by atoms with E-state index in [4.69, 9.17) is 5.11 Å². The molecule has 3 saturated carbocycles. The molecule has 5 heteroatoms. The molecule has 3 fully saturated rings. The number of aliphatic hydroxyl groups is 1. The predicted octanol–water partition coefficient (Wildman–Crippen LogP) is 3.32. The van der Waals surface area contributed by atoms with Crippen LogP contribution in [0.2, 0.25) is 0 Å². The van der Waals surface area contributed by atoms with Crippen LogP contribution in [0.5, 0.6) is 0 Å². The highest BCUT2D eigenvalue weighted by molar-refractivity contribution is 6.01. The molecule has 5 nitrogen and oxygen atoms in total. The lowest BCUT2D eigenvalue weighted by atomic mass is 9.48. The van der Waals surface area contributed by atoms with E-state index in [0.29, 0.717) is 23.5 Å². The summed E-state index contributed by atoms with van der Waals surface area (Å²) in [5.74, 6) is 1.11. The first-order valence-corrected chi connectivity index (χ1v) is 10.1. The summed E-state index contributed by atoms with van der Waals surface area (Å²) in [7, 11) is 0. The highest BCUT2D eigenvalue weighted by Crippen LogP contribution is 2.63. The lowest BCUT2D eigenvalue weighted by molar-refractivity contribution is -0.136. The zero-order valence-corrected chi connectivity index (χ0v) is 16.2. The van der Waals surface area contributed by atoms with E-state index in [-0.39, 0.29) is 29.6 Å². The Bertz CT molecular complexity index is 705. The molecule has 4 rings (SSSR count). The van der Waals surface area contributed by atoms with Crippen molar-refractivity contribution in [1.29, 1.82) is 0 Å². The zero-order valence-electron chi connectivity index (χ0n) is 16.2. The number of rotatable bonds is 2. The second-order valence-electron chi connectivity index (χ2n) is 8.68. The van der Waals surface area contributed by atoms with Crippen molar-refractivity contribution in [3.63, 3.8) is 0 Å². The standard InChI is InChI=1S/C19H24O3.C3H6O2/c1-18-8-7-16-14(15(18)4-5-17(18)22)3-2-12-10-13(21)6-9-19(12,16)11-20;1-2-3(4)5/h6,9-10,14-16,20H,2-5,7-8,11H2,1H3;2H2,1H3,(H,4,5)/t14-,15-,16-,18-,19+;/m0./s1. The van der Waals surface area contributed by atoms with Gasteiger partial charge in [0.15, 0.2) is 5.78 Å². The van der Waals surface area contributed by atoms with Crippen LogP contribution in [-0.4, -0.2) is 34.4 Å². The number of carbonyl (C=O) groups is 3. The third kappa shape index (κ3) is 3.20. The first kappa shape index (κ1) is 20.0. The van der Waals surface area contributed by atoms with E-state index in [1.807, 2.05) is 6.08 Å². The topological polar surface area (TPSA) is 91.7 Å². The monoisotopic (exact) mass is 374 g/mol. The van der Waals surface area contributed by atoms with Gasteiger partial charge in [-0.3, -0.25) is 14.4 Å². The van der Waals surface area contributed by atoms with Gasteiger partial charge in [0.1, 0.15) is 5.78 Å². The van der Waals surface area contributed by atoms with Gasteiger partial charge in [-0.25, -0.2) is 0 Å². The van der Waals surface area contributed by atoms with Gasteiger partial charge in [0.05, 0.1) is 6.61 Å². The van der Waals surface area contributed by atoms with Crippen molar-refractivity contribution < 1.29 is 24.6 Å². The van der Waals surface area contributed by atoms with E-state index in [1.54, 1.807) is 19.1 Å². The van der Waals surface area contributed by atoms with Crippen LogP contribution in [0.25, 0.3) is 0 Å². The number of fused-ring (bicyclic) bond motifs is 5. The Hall–Kier alpha value is -1.75. The van der Waals surface area contributed by atoms with Crippen LogP contribution in [0.1, 0.15) is 58.8 Å². The van der Waals surface area contributed by atoms with Gasteiger partial charge < -0.3 is 10.2 Å². The summed E-state index contributed by atoms with van der Waals surface area (Å²) >= 11 is 0. The number of hydrogen-bond acceptors (Lipinski definition) is 4. The maximum Gasteiger partial charge on any atom is 0.303 e. The Morgan fingerprint density at radius 3 is 2.52 bits per heavy atom. The van der Waals surface area contributed by atoms with Crippen molar-refractivity contribution in [3.05, 3.63) is 23.8 Å². The van der Waals surface area contributed by atoms with Gasteiger partial charge in [-0.15, -0.1) is 0 Å². The van der Waals surface area contributed by atoms with Gasteiger partial charge in [-0.2, -0.15) is 0 Å². The molecule has 0 amide bonds. The Labute approximate surface area is 160 Å². The summed E-state index contributed by atoms with van der Waals surface area (Å²) in [5.41, 5.74) is 0.647. The summed E-state index contributed by atoms with van der Waals surface area (Å²) < 4.78 is 0. The highest BCUT2D eigenvalue weighted by Gasteiger charge is 2.59. The molecule has 0 bridgehead atoms. The Morgan fingerprint density at radius 2 is 1.89 bits per heavy atom. The minimum absolute atomic E-state index is 0.0502. The number of aliphatic hydroxyl groups excluding tert-OH is 1. The predicted molar refractivity (Wildman–Crippen MR) is 101 cm³/mol. The van der Waals surface area contributed by atoms with Gasteiger partial charge in [0.2, 0.25) is 0 Å². The van der Waals surface area contributed by atoms with Crippen LogP contribution in [0.3, 0.4) is 0 Å². The van der Waals surface area contributed by atoms with Crippen LogP contribution in [0.4, 0.5) is 0 Å². The molecule has 0 radical (unpaired) electrons. The van der Waals surface area contributed by atoms with Crippen molar-refractivity contribution in [3.8, 4) is 0 Å². The molecule has 0 spiro atoms. The Balaban J connectivity index is 0.000000376. The van der Waals surface area contributed by atoms with Crippen LogP contribution in [0, 0.1) is 28.6 Å². The maximum atomic E-state index is 12.4. The number of carboxylic acids is 1. The van der Waals surface area contributed by atoms with E-state index in [0.717, 1.165) is 44.1 Å². The lowest BCUT2D eigenvalue weighted by Crippen LogP contribution is -2.52. The van der Waals surface area contributed by atoms with Gasteiger partial charge in [-0.05, 0) is 62.0 Å². The third-order valence-electron chi connectivity index (χ3n) is 7.58. The highest BCUT2D eigenvalue weighted by atomic mass is 16.4. The molecule has 5 atom stereocenters. The first-order valence-electron chi connectivity index (χ1n) is 10.1. The summed E-state index contributed by atoms with van der Waals surface area (Å²) in [6.45, 7) is 3.85. The largest absolute Gasteiger partial charge is 0.481 e. The molecule has 0 saturated heterocycles. The van der Waals surface area contributed by atoms with Gasteiger partial charge in [0, 0.05) is 23.7 Å². The second kappa shape index (κ2) is 7.34. The molecule has 148 valence electrons. The molecule has 27 heavy (non-hydrogen) atoms. The van der Waals surface area contributed by atoms with E-state index >= 15 is 0 Å². The summed E-state index contributed by atoms with van der Waals surface area (Å²) in [6, 6.07) is 0. The quantitative estimate of drug-likeness (QED) is 0.774. The fourth-order valence-electron chi connectivity index (χ4n) is 6.05. The van der Waals surface area contributed by atoms with Crippen molar-refractivity contribution in [2.24, 2.45) is 28.6 Å². The van der Waals surface area contributed by atoms with E-state index < -0.39 is 5.97 Å². The Morgan fingerprint density at radius 1 is 1.19 bits per heavy atom. The second-order valence-corrected chi connectivity index (χ2v) is 8.68. The van der Waals surface area contributed by atoms with E-state index in [2.05, 4.69) is 6.92 Å². The molecule has 2 N–H and O–H groups in total. The van der Waals surface area contributed by atoms with E-state index in [9.17, 15) is 19.5 Å². The average Bonchev–Trinajstić information content (AvgIpc) is 2.97. The van der Waals surface area contributed by atoms with Crippen molar-refractivity contribution in [1.82, 2.24) is 0 Å². The fourth-order valence-corrected chi connectivity index (χ4v) is 6.05. The number of hydrogen-bond donors (Lipinski definition) is 2. The van der Waals surface area contributed by atoms with Crippen molar-refractivity contribution >= 4 is 17.5 Å². The van der Waals surface area contributed by atoms with E-state index in [1.165, 1.54) is 0 Å². The van der Waals surface area contributed by atoms with Gasteiger partial charge in [0.25, 0.3) is 0 Å². The lowest BCUT2D eigenvalue weighted by Gasteiger charge is -2.56. The molecule has 0 aromatic carbocycles. The number of allylic oxidation sites excluding steroid dienone is 2.